The number of aromatic hydroxyl groups is 2. The van der Waals surface area contributed by atoms with Crippen LogP contribution in [0.15, 0.2) is 48.5 Å². The maximum absolute atomic E-state index is 14.0. The summed E-state index contributed by atoms with van der Waals surface area (Å²) in [5.41, 5.74) is 4.07. The molecule has 58 heavy (non-hydrogen) atoms. The first-order chi connectivity index (χ1) is 27.6. The summed E-state index contributed by atoms with van der Waals surface area (Å²) in [6, 6.07) is 10.5. The second kappa shape index (κ2) is 17.0. The molecule has 3 aromatic carbocycles. The number of ether oxygens (including phenoxy) is 3. The van der Waals surface area contributed by atoms with Crippen LogP contribution in [0.2, 0.25) is 0 Å². The van der Waals surface area contributed by atoms with Gasteiger partial charge in [0, 0.05) is 42.4 Å². The minimum Gasteiger partial charge on any atom is -0.507 e. The Labute approximate surface area is 330 Å². The number of phenolic OH excluding ortho intramolecular Hbond substituents is 2. The van der Waals surface area contributed by atoms with Crippen molar-refractivity contribution in [1.82, 2.24) is 10.8 Å². The topological polar surface area (TPSA) is 291 Å². The Morgan fingerprint density at radius 3 is 2.38 bits per heavy atom. The third-order valence-electron chi connectivity index (χ3n) is 10.6. The summed E-state index contributed by atoms with van der Waals surface area (Å²) >= 11 is 0. The second-order valence-electron chi connectivity index (χ2n) is 14.4. The molecule has 3 aromatic rings. The number of hydrogen-bond donors (Lipinski definition) is 8. The number of nitrogens with two attached hydrogens (primary N) is 1. The van der Waals surface area contributed by atoms with Gasteiger partial charge in [-0.1, -0.05) is 42.5 Å². The molecule has 1 fully saturated rings. The quantitative estimate of drug-likeness (QED) is 0.0619. The van der Waals surface area contributed by atoms with Gasteiger partial charge >= 0.3 is 5.97 Å². The number of amides is 2. The highest BCUT2D eigenvalue weighted by Gasteiger charge is 2.50. The van der Waals surface area contributed by atoms with Crippen LogP contribution in [0.3, 0.4) is 0 Å². The van der Waals surface area contributed by atoms with E-state index >= 15 is 0 Å². The van der Waals surface area contributed by atoms with Crippen LogP contribution in [-0.2, 0) is 46.3 Å². The maximum atomic E-state index is 14.0. The Kier molecular flexibility index (Phi) is 12.3. The van der Waals surface area contributed by atoms with Crippen LogP contribution in [0.25, 0.3) is 0 Å². The molecule has 308 valence electrons. The first kappa shape index (κ1) is 41.9. The van der Waals surface area contributed by atoms with E-state index in [0.29, 0.717) is 5.56 Å². The fraction of sp³-hybridized carbons (Fsp3) is 0.400. The van der Waals surface area contributed by atoms with E-state index in [9.17, 15) is 54.3 Å². The van der Waals surface area contributed by atoms with Gasteiger partial charge in [0.15, 0.2) is 17.9 Å². The predicted molar refractivity (Wildman–Crippen MR) is 197 cm³/mol. The van der Waals surface area contributed by atoms with E-state index in [2.05, 4.69) is 10.8 Å². The van der Waals surface area contributed by atoms with Gasteiger partial charge in [0.05, 0.1) is 54.6 Å². The largest absolute Gasteiger partial charge is 0.507 e. The van der Waals surface area contributed by atoms with Crippen LogP contribution in [0.4, 0.5) is 0 Å². The third-order valence-corrected chi connectivity index (χ3v) is 10.6. The van der Waals surface area contributed by atoms with E-state index in [1.54, 1.807) is 30.3 Å². The van der Waals surface area contributed by atoms with E-state index < -0.39 is 119 Å². The molecule has 1 aliphatic heterocycles. The number of benzene rings is 3. The fourth-order valence-electron chi connectivity index (χ4n) is 7.60. The predicted octanol–water partition coefficient (Wildman–Crippen LogP) is 0.0834. The van der Waals surface area contributed by atoms with Crippen LogP contribution < -0.4 is 21.3 Å². The number of carbonyl (C=O) groups excluding carboxylic acids is 6. The molecule has 18 heteroatoms. The van der Waals surface area contributed by atoms with Crippen molar-refractivity contribution in [3.8, 4) is 17.2 Å². The van der Waals surface area contributed by atoms with Gasteiger partial charge in [-0.3, -0.25) is 24.0 Å². The summed E-state index contributed by atoms with van der Waals surface area (Å²) < 4.78 is 17.4. The Bertz CT molecular complexity index is 2140. The van der Waals surface area contributed by atoms with E-state index in [1.165, 1.54) is 32.2 Å². The van der Waals surface area contributed by atoms with Gasteiger partial charge in [0.25, 0.3) is 0 Å². The van der Waals surface area contributed by atoms with Gasteiger partial charge in [-0.25, -0.2) is 4.79 Å². The summed E-state index contributed by atoms with van der Waals surface area (Å²) in [6.45, 7) is 0.347. The SMILES string of the molecule is COc1cccc2c1C(=O)c1c(O)c3c(c(O)c1C2=O)C[C@@](O)(C(=O)CO)C[C@@H]3OC1CC(NOC(=O)[C@H](CCC(N)=O)NC(=O)Cc2ccccc2)C(O)C(C)O1. The van der Waals surface area contributed by atoms with Crippen LogP contribution in [0, 0.1) is 0 Å². The van der Waals surface area contributed by atoms with Crippen molar-refractivity contribution in [2.45, 2.75) is 87.7 Å². The molecule has 1 saturated heterocycles. The normalized spacial score (nSPS) is 24.1. The van der Waals surface area contributed by atoms with Crippen molar-refractivity contribution in [3.05, 3.63) is 87.5 Å². The summed E-state index contributed by atoms with van der Waals surface area (Å²) in [6.07, 6.45) is -7.39. The first-order valence-corrected chi connectivity index (χ1v) is 18.4. The Morgan fingerprint density at radius 1 is 1.00 bits per heavy atom. The lowest BCUT2D eigenvalue weighted by atomic mass is 9.72. The number of ketones is 3. The Balaban J connectivity index is 1.26. The van der Waals surface area contributed by atoms with Crippen LogP contribution in [0.5, 0.6) is 17.2 Å². The van der Waals surface area contributed by atoms with Gasteiger partial charge < -0.3 is 55.6 Å². The van der Waals surface area contributed by atoms with E-state index in [-0.39, 0.29) is 53.7 Å². The number of phenols is 2. The van der Waals surface area contributed by atoms with Crippen LogP contribution in [0.1, 0.15) is 87.2 Å². The van der Waals surface area contributed by atoms with Crippen molar-refractivity contribution < 1.29 is 73.3 Å². The molecule has 0 bridgehead atoms. The molecule has 2 aliphatic carbocycles. The molecule has 9 N–H and O–H groups in total. The van der Waals surface area contributed by atoms with Crippen molar-refractivity contribution in [1.29, 1.82) is 0 Å². The van der Waals surface area contributed by atoms with Crippen molar-refractivity contribution in [3.63, 3.8) is 0 Å². The van der Waals surface area contributed by atoms with E-state index in [1.807, 2.05) is 0 Å². The average Bonchev–Trinajstić information content (AvgIpc) is 3.19. The third kappa shape index (κ3) is 8.15. The summed E-state index contributed by atoms with van der Waals surface area (Å²) in [5.74, 6) is -6.58. The highest BCUT2D eigenvalue weighted by Crippen LogP contribution is 2.52. The molecular weight excluding hydrogens is 762 g/mol. The number of methoxy groups -OCH3 is 1. The zero-order valence-electron chi connectivity index (χ0n) is 31.4. The van der Waals surface area contributed by atoms with Crippen molar-refractivity contribution in [2.24, 2.45) is 5.73 Å². The van der Waals surface area contributed by atoms with E-state index in [0.717, 1.165) is 0 Å². The number of aliphatic hydroxyl groups is 3. The fourth-order valence-corrected chi connectivity index (χ4v) is 7.60. The molecule has 18 nitrogen and oxygen atoms in total. The summed E-state index contributed by atoms with van der Waals surface area (Å²) in [5, 5.41) is 58.2. The molecule has 1 heterocycles. The van der Waals surface area contributed by atoms with Gasteiger partial charge in [-0.2, -0.15) is 0 Å². The summed E-state index contributed by atoms with van der Waals surface area (Å²) in [4.78, 5) is 83.5. The number of hydroxylamine groups is 1. The van der Waals surface area contributed by atoms with E-state index in [4.69, 9.17) is 24.8 Å². The highest BCUT2D eigenvalue weighted by molar-refractivity contribution is 6.31. The number of Topliss-reactive ketones (excluding diaryl/α,β-unsaturated/α-hetero) is 1. The second-order valence-corrected chi connectivity index (χ2v) is 14.4. The molecule has 4 unspecified atom stereocenters. The Hall–Kier alpha value is -5.76. The molecule has 0 radical (unpaired) electrons. The zero-order valence-corrected chi connectivity index (χ0v) is 31.4. The van der Waals surface area contributed by atoms with Crippen LogP contribution in [-0.4, -0.2) is 111 Å². The number of hydrogen-bond acceptors (Lipinski definition) is 16. The van der Waals surface area contributed by atoms with Crippen molar-refractivity contribution in [2.75, 3.05) is 13.7 Å². The monoisotopic (exact) mass is 805 g/mol. The number of fused-ring (bicyclic) bond motifs is 3. The lowest BCUT2D eigenvalue weighted by Gasteiger charge is -2.42. The van der Waals surface area contributed by atoms with Crippen LogP contribution >= 0.6 is 0 Å². The maximum Gasteiger partial charge on any atom is 0.347 e. The molecule has 6 rings (SSSR count). The highest BCUT2D eigenvalue weighted by atomic mass is 16.7. The molecule has 0 spiro atoms. The number of carbonyl (C=O) groups is 6. The van der Waals surface area contributed by atoms with Gasteiger partial charge in [0.2, 0.25) is 17.6 Å². The minimum absolute atomic E-state index is 0.0324. The number of rotatable bonds is 14. The first-order valence-electron chi connectivity index (χ1n) is 18.4. The Morgan fingerprint density at radius 2 is 1.71 bits per heavy atom. The minimum atomic E-state index is -2.40. The molecule has 7 atom stereocenters. The average molecular weight is 806 g/mol. The molecular formula is C40H43N3O15. The van der Waals surface area contributed by atoms with Gasteiger partial charge in [0.1, 0.15) is 35.5 Å². The molecule has 0 saturated carbocycles. The molecule has 3 aliphatic rings. The molecule has 0 aromatic heterocycles. The smallest absolute Gasteiger partial charge is 0.347 e. The van der Waals surface area contributed by atoms with Crippen molar-refractivity contribution >= 4 is 35.1 Å². The summed E-state index contributed by atoms with van der Waals surface area (Å²) in [7, 11) is 1.29. The lowest BCUT2D eigenvalue weighted by molar-refractivity contribution is -0.257. The number of primary amides is 1. The molecule has 2 amide bonds. The number of aliphatic hydroxyl groups excluding tert-OH is 2. The standard InChI is InChI=1S/C40H43N3O15/c1-18-34(48)23(43-58-39(53)22(11-12-27(41)46)42-28(47)13-19-7-4-3-5-8-19)14-29(56-18)57-25-16-40(54,26(45)17-44)15-21-31(25)38(52)33-32(36(21)50)35(49)20-9-6-10-24(55-2)30(20)37(33)51/h3-10,18,22-23,25,29,34,43-44,48,50,52,54H,11-17H2,1-2H3,(H2,41,46)(H,42,47)/t18?,22-,23?,25-,29?,34?,40-/m0/s1. The number of nitrogens with one attached hydrogen (secondary N) is 2. The lowest BCUT2D eigenvalue weighted by Crippen LogP contribution is -2.56. The van der Waals surface area contributed by atoms with Gasteiger partial charge in [-0.15, -0.1) is 5.48 Å². The zero-order chi connectivity index (χ0) is 42.1. The van der Waals surface area contributed by atoms with Gasteiger partial charge in [-0.05, 0) is 25.0 Å².